The third-order valence-corrected chi connectivity index (χ3v) is 2.85. The van der Waals surface area contributed by atoms with Crippen LogP contribution in [0.25, 0.3) is 11.1 Å². The maximum atomic E-state index is 12.0. The van der Waals surface area contributed by atoms with Crippen LogP contribution < -0.4 is 4.74 Å². The summed E-state index contributed by atoms with van der Waals surface area (Å²) in [5.41, 5.74) is 2.54. The molecule has 0 unspecified atom stereocenters. The van der Waals surface area contributed by atoms with Gasteiger partial charge in [0.05, 0.1) is 0 Å². The normalized spacial score (nSPS) is 11.4. The Labute approximate surface area is 113 Å². The predicted octanol–water partition coefficient (Wildman–Crippen LogP) is 5.21. The van der Waals surface area contributed by atoms with Crippen LogP contribution in [-0.4, -0.2) is 6.36 Å². The van der Waals surface area contributed by atoms with Gasteiger partial charge in [-0.15, -0.1) is 13.2 Å². The quantitative estimate of drug-likeness (QED) is 0.736. The summed E-state index contributed by atoms with van der Waals surface area (Å²) in [7, 11) is 0. The summed E-state index contributed by atoms with van der Waals surface area (Å²) in [6.07, 6.45) is -4.68. The van der Waals surface area contributed by atoms with E-state index in [0.717, 1.165) is 16.7 Å². The van der Waals surface area contributed by atoms with Crippen molar-refractivity contribution < 1.29 is 17.9 Å². The summed E-state index contributed by atoms with van der Waals surface area (Å²) >= 11 is 6.07. The van der Waals surface area contributed by atoms with E-state index < -0.39 is 6.36 Å². The Kier molecular flexibility index (Phi) is 3.71. The fourth-order valence-electron chi connectivity index (χ4n) is 1.70. The molecule has 0 heterocycles. The second kappa shape index (κ2) is 5.13. The zero-order valence-electron chi connectivity index (χ0n) is 9.96. The van der Waals surface area contributed by atoms with Crippen LogP contribution in [0.3, 0.4) is 0 Å². The van der Waals surface area contributed by atoms with E-state index in [1.165, 1.54) is 12.1 Å². The summed E-state index contributed by atoms with van der Waals surface area (Å²) in [6.45, 7) is 1.92. The van der Waals surface area contributed by atoms with Crippen LogP contribution in [0.5, 0.6) is 5.75 Å². The molecule has 0 aromatic heterocycles. The summed E-state index contributed by atoms with van der Waals surface area (Å²) in [4.78, 5) is 0. The molecule has 1 nitrogen and oxygen atoms in total. The smallest absolute Gasteiger partial charge is 0.406 e. The van der Waals surface area contributed by atoms with Gasteiger partial charge in [0.1, 0.15) is 5.75 Å². The fraction of sp³-hybridized carbons (Fsp3) is 0.143. The highest BCUT2D eigenvalue weighted by Gasteiger charge is 2.30. The number of rotatable bonds is 2. The lowest BCUT2D eigenvalue weighted by Gasteiger charge is -2.10. The third-order valence-electron chi connectivity index (χ3n) is 2.52. The second-order valence-corrected chi connectivity index (χ2v) is 4.46. The minimum atomic E-state index is -4.68. The van der Waals surface area contributed by atoms with Crippen molar-refractivity contribution in [1.82, 2.24) is 0 Å². The molecule has 0 N–H and O–H groups in total. The topological polar surface area (TPSA) is 9.23 Å². The van der Waals surface area contributed by atoms with Gasteiger partial charge >= 0.3 is 6.36 Å². The third kappa shape index (κ3) is 3.64. The lowest BCUT2D eigenvalue weighted by molar-refractivity contribution is -0.274. The van der Waals surface area contributed by atoms with Gasteiger partial charge in [-0.3, -0.25) is 0 Å². The Morgan fingerprint density at radius 3 is 2.21 bits per heavy atom. The van der Waals surface area contributed by atoms with Gasteiger partial charge in [-0.1, -0.05) is 35.4 Å². The van der Waals surface area contributed by atoms with Crippen molar-refractivity contribution in [1.29, 1.82) is 0 Å². The van der Waals surface area contributed by atoms with E-state index in [2.05, 4.69) is 4.74 Å². The van der Waals surface area contributed by atoms with Gasteiger partial charge in [0, 0.05) is 10.6 Å². The molecule has 2 aromatic carbocycles. The van der Waals surface area contributed by atoms with Gasteiger partial charge in [0.25, 0.3) is 0 Å². The largest absolute Gasteiger partial charge is 0.573 e. The van der Waals surface area contributed by atoms with Crippen molar-refractivity contribution >= 4 is 11.6 Å². The number of aryl methyl sites for hydroxylation is 1. The van der Waals surface area contributed by atoms with Crippen molar-refractivity contribution in [2.45, 2.75) is 13.3 Å². The number of ether oxygens (including phenoxy) is 1. The van der Waals surface area contributed by atoms with Gasteiger partial charge in [0.15, 0.2) is 0 Å². The summed E-state index contributed by atoms with van der Waals surface area (Å²) in [5.74, 6) is -0.250. The Bertz CT molecular complexity index is 576. The van der Waals surface area contributed by atoms with Gasteiger partial charge in [-0.05, 0) is 36.8 Å². The van der Waals surface area contributed by atoms with E-state index in [9.17, 15) is 13.2 Å². The summed E-state index contributed by atoms with van der Waals surface area (Å²) in [6, 6.07) is 11.1. The van der Waals surface area contributed by atoms with E-state index in [1.807, 2.05) is 19.1 Å². The van der Waals surface area contributed by atoms with Gasteiger partial charge in [0.2, 0.25) is 0 Å². The maximum Gasteiger partial charge on any atom is 0.573 e. The van der Waals surface area contributed by atoms with E-state index in [-0.39, 0.29) is 5.75 Å². The second-order valence-electron chi connectivity index (χ2n) is 4.06. The number of benzene rings is 2. The van der Waals surface area contributed by atoms with E-state index in [0.29, 0.717) is 5.02 Å². The molecule has 0 spiro atoms. The molecule has 0 saturated heterocycles. The minimum absolute atomic E-state index is 0.250. The molecule has 19 heavy (non-hydrogen) atoms. The first-order valence-electron chi connectivity index (χ1n) is 5.47. The Morgan fingerprint density at radius 2 is 1.63 bits per heavy atom. The van der Waals surface area contributed by atoms with Crippen molar-refractivity contribution in [2.24, 2.45) is 0 Å². The molecule has 2 aromatic rings. The molecule has 0 aliphatic carbocycles. The number of halogens is 4. The average Bonchev–Trinajstić information content (AvgIpc) is 2.31. The number of alkyl halides is 3. The maximum absolute atomic E-state index is 12.0. The Morgan fingerprint density at radius 1 is 1.00 bits per heavy atom. The first-order valence-corrected chi connectivity index (χ1v) is 5.85. The SMILES string of the molecule is Cc1ccc(Cl)c(-c2ccc(OC(F)(F)F)cc2)c1. The summed E-state index contributed by atoms with van der Waals surface area (Å²) < 4.78 is 39.9. The standard InChI is InChI=1S/C14H10ClF3O/c1-9-2-7-13(15)12(8-9)10-3-5-11(6-4-10)19-14(16,17)18/h2-8H,1H3. The van der Waals surface area contributed by atoms with Crippen LogP contribution in [0.1, 0.15) is 5.56 Å². The monoisotopic (exact) mass is 286 g/mol. The molecule has 0 amide bonds. The van der Waals surface area contributed by atoms with Crippen LogP contribution in [0.15, 0.2) is 42.5 Å². The van der Waals surface area contributed by atoms with E-state index in [1.54, 1.807) is 18.2 Å². The van der Waals surface area contributed by atoms with Crippen molar-refractivity contribution in [3.05, 3.63) is 53.1 Å². The van der Waals surface area contributed by atoms with Gasteiger partial charge in [-0.25, -0.2) is 0 Å². The Balaban J connectivity index is 2.30. The van der Waals surface area contributed by atoms with Crippen LogP contribution in [-0.2, 0) is 0 Å². The Hall–Kier alpha value is -1.68. The highest BCUT2D eigenvalue weighted by Crippen LogP contribution is 2.31. The number of hydrogen-bond acceptors (Lipinski definition) is 1. The van der Waals surface area contributed by atoms with Crippen LogP contribution in [0.4, 0.5) is 13.2 Å². The van der Waals surface area contributed by atoms with Gasteiger partial charge in [-0.2, -0.15) is 0 Å². The van der Waals surface area contributed by atoms with Crippen molar-refractivity contribution in [3.63, 3.8) is 0 Å². The lowest BCUT2D eigenvalue weighted by atomic mass is 10.0. The number of hydrogen-bond donors (Lipinski definition) is 0. The molecule has 100 valence electrons. The minimum Gasteiger partial charge on any atom is -0.406 e. The van der Waals surface area contributed by atoms with Crippen LogP contribution in [0.2, 0.25) is 5.02 Å². The molecule has 0 atom stereocenters. The molecule has 0 aliphatic heterocycles. The van der Waals surface area contributed by atoms with Gasteiger partial charge < -0.3 is 4.74 Å². The molecular weight excluding hydrogens is 277 g/mol. The lowest BCUT2D eigenvalue weighted by Crippen LogP contribution is -2.16. The molecule has 0 fully saturated rings. The van der Waals surface area contributed by atoms with E-state index >= 15 is 0 Å². The zero-order valence-corrected chi connectivity index (χ0v) is 10.7. The van der Waals surface area contributed by atoms with E-state index in [4.69, 9.17) is 11.6 Å². The zero-order chi connectivity index (χ0) is 14.0. The van der Waals surface area contributed by atoms with Crippen molar-refractivity contribution in [3.8, 4) is 16.9 Å². The molecule has 0 radical (unpaired) electrons. The predicted molar refractivity (Wildman–Crippen MR) is 68.3 cm³/mol. The highest BCUT2D eigenvalue weighted by atomic mass is 35.5. The van der Waals surface area contributed by atoms with Crippen LogP contribution in [0, 0.1) is 6.92 Å². The summed E-state index contributed by atoms with van der Waals surface area (Å²) in [5, 5.41) is 0.551. The van der Waals surface area contributed by atoms with Crippen molar-refractivity contribution in [2.75, 3.05) is 0 Å². The molecule has 2 rings (SSSR count). The highest BCUT2D eigenvalue weighted by molar-refractivity contribution is 6.33. The molecule has 0 aliphatic rings. The average molecular weight is 287 g/mol. The first kappa shape index (κ1) is 13.7. The van der Waals surface area contributed by atoms with Crippen LogP contribution >= 0.6 is 11.6 Å². The fourth-order valence-corrected chi connectivity index (χ4v) is 1.92. The molecule has 0 bridgehead atoms. The first-order chi connectivity index (χ1) is 8.85. The molecule has 5 heteroatoms. The molecule has 0 saturated carbocycles. The molecular formula is C14H10ClF3O.